The Morgan fingerprint density at radius 2 is 1.24 bits per heavy atom. The molecule has 7 atom stereocenters. The summed E-state index contributed by atoms with van der Waals surface area (Å²) in [6.45, 7) is 6.15. The second-order valence-electron chi connectivity index (χ2n) is 18.3. The van der Waals surface area contributed by atoms with Crippen LogP contribution in [0.3, 0.4) is 0 Å². The van der Waals surface area contributed by atoms with Crippen molar-refractivity contribution in [2.75, 3.05) is 33.9 Å². The van der Waals surface area contributed by atoms with Gasteiger partial charge in [0.05, 0.1) is 50.8 Å². The van der Waals surface area contributed by atoms with Gasteiger partial charge in [-0.15, -0.1) is 0 Å². The van der Waals surface area contributed by atoms with E-state index < -0.39 is 24.3 Å². The van der Waals surface area contributed by atoms with Crippen LogP contribution in [0.4, 0.5) is 9.59 Å². The number of carbonyl (C=O) groups is 4. The fraction of sp³-hybridized carbons (Fsp3) is 0.500. The van der Waals surface area contributed by atoms with Crippen molar-refractivity contribution in [2.45, 2.75) is 95.4 Å². The van der Waals surface area contributed by atoms with Gasteiger partial charge in [-0.1, -0.05) is 75.2 Å². The van der Waals surface area contributed by atoms with Crippen molar-refractivity contribution < 1.29 is 28.7 Å². The largest absolute Gasteiger partial charge is 0.453 e. The van der Waals surface area contributed by atoms with E-state index in [1.165, 1.54) is 14.2 Å². The van der Waals surface area contributed by atoms with Crippen molar-refractivity contribution >= 4 is 40.6 Å². The molecule has 2 saturated heterocycles. The van der Waals surface area contributed by atoms with Crippen molar-refractivity contribution in [3.05, 3.63) is 78.2 Å². The number of aromatic amines is 1. The lowest BCUT2D eigenvalue weighted by Crippen LogP contribution is -2.56. The molecule has 4 N–H and O–H groups in total. The number of aromatic nitrogens is 2. The van der Waals surface area contributed by atoms with E-state index in [9.17, 15) is 19.2 Å². The van der Waals surface area contributed by atoms with Crippen molar-refractivity contribution in [3.8, 4) is 22.4 Å². The van der Waals surface area contributed by atoms with Crippen molar-refractivity contribution in [2.24, 2.45) is 28.7 Å². The van der Waals surface area contributed by atoms with Gasteiger partial charge in [-0.3, -0.25) is 14.6 Å². The standard InChI is InChI=1S/C48H58N8O6/c1-27-19-39(55(25-27)45(57)41(31-7-5-8-31)53-47(59)61-3)43-49-23-37(51-43)30-13-11-29(12-14-30)33-15-16-35-22-36(18-17-34(35)21-33)38-24-50-44(52-38)40-20-28(2)26-56(40)46(58)42(32-9-6-10-32)54-48(60)62-4/h11-18,21-22,24,27-28,31-32,37,39-42H,5-10,19-20,23,25-26H2,1-4H3,(H,49,51)(H,50,52)(H,53,59)(H,54,60)/t27-,28-,37?,39-,40-,41-,42-/m0/s1. The van der Waals surface area contributed by atoms with Gasteiger partial charge in [0.25, 0.3) is 0 Å². The van der Waals surface area contributed by atoms with E-state index in [0.29, 0.717) is 31.5 Å². The summed E-state index contributed by atoms with van der Waals surface area (Å²) in [6, 6.07) is 20.0. The number of fused-ring (bicyclic) bond motifs is 1. The maximum Gasteiger partial charge on any atom is 0.407 e. The topological polar surface area (TPSA) is 170 Å². The molecule has 4 fully saturated rings. The number of ether oxygens (including phenoxy) is 2. The summed E-state index contributed by atoms with van der Waals surface area (Å²) in [5, 5.41) is 11.5. The van der Waals surface area contributed by atoms with Crippen LogP contribution in [0.2, 0.25) is 0 Å². The molecule has 5 aliphatic rings. The average Bonchev–Trinajstić information content (AvgIpc) is 4.08. The maximum absolute atomic E-state index is 13.9. The average molecular weight is 843 g/mol. The minimum absolute atomic E-state index is 0.00834. The number of amidine groups is 1. The number of hydrogen-bond donors (Lipinski definition) is 4. The second-order valence-corrected chi connectivity index (χ2v) is 18.3. The number of likely N-dealkylation sites (tertiary alicyclic amines) is 2. The third-order valence-electron chi connectivity index (χ3n) is 14.1. The molecule has 0 spiro atoms. The first-order chi connectivity index (χ1) is 30.1. The number of H-pyrrole nitrogens is 1. The van der Waals surface area contributed by atoms with Gasteiger partial charge in [-0.2, -0.15) is 0 Å². The van der Waals surface area contributed by atoms with Gasteiger partial charge in [-0.25, -0.2) is 14.6 Å². The predicted molar refractivity (Wildman–Crippen MR) is 236 cm³/mol. The van der Waals surface area contributed by atoms with Gasteiger partial charge in [0, 0.05) is 18.7 Å². The maximum atomic E-state index is 13.9. The minimum atomic E-state index is -0.596. The first-order valence-corrected chi connectivity index (χ1v) is 22.4. The highest BCUT2D eigenvalue weighted by Crippen LogP contribution is 2.39. The number of methoxy groups -OCH3 is 2. The smallest absolute Gasteiger partial charge is 0.407 e. The van der Waals surface area contributed by atoms with E-state index in [1.807, 2.05) is 16.0 Å². The third-order valence-corrected chi connectivity index (χ3v) is 14.1. The highest BCUT2D eigenvalue weighted by atomic mass is 16.5. The van der Waals surface area contributed by atoms with Gasteiger partial charge in [0.1, 0.15) is 23.7 Å². The highest BCUT2D eigenvalue weighted by Gasteiger charge is 2.45. The molecule has 3 aromatic carbocycles. The number of nitrogens with zero attached hydrogens (tertiary/aromatic N) is 4. The molecule has 62 heavy (non-hydrogen) atoms. The number of amides is 4. The lowest BCUT2D eigenvalue weighted by atomic mass is 9.79. The number of nitrogens with one attached hydrogen (secondary N) is 4. The van der Waals surface area contributed by atoms with Crippen molar-refractivity contribution in [3.63, 3.8) is 0 Å². The van der Waals surface area contributed by atoms with E-state index in [2.05, 4.69) is 95.4 Å². The molecule has 1 aromatic heterocycles. The molecule has 326 valence electrons. The van der Waals surface area contributed by atoms with Crippen LogP contribution in [-0.2, 0) is 19.1 Å². The molecule has 2 aliphatic carbocycles. The van der Waals surface area contributed by atoms with E-state index in [0.717, 1.165) is 102 Å². The fourth-order valence-corrected chi connectivity index (χ4v) is 10.1. The summed E-state index contributed by atoms with van der Waals surface area (Å²) in [7, 11) is 2.66. The van der Waals surface area contributed by atoms with Crippen molar-refractivity contribution in [1.82, 2.24) is 35.7 Å². The van der Waals surface area contributed by atoms with Gasteiger partial charge < -0.3 is 40.2 Å². The summed E-state index contributed by atoms with van der Waals surface area (Å²) in [6.07, 6.45) is 8.12. The molecule has 14 heteroatoms. The Hall–Kier alpha value is -5.92. The Morgan fingerprint density at radius 1 is 0.710 bits per heavy atom. The monoisotopic (exact) mass is 842 g/mol. The number of rotatable bonds is 11. The number of carbonyl (C=O) groups excluding carboxylic acids is 4. The van der Waals surface area contributed by atoms with Crippen LogP contribution in [0.5, 0.6) is 0 Å². The van der Waals surface area contributed by atoms with E-state index in [1.54, 1.807) is 0 Å². The molecular formula is C48H58N8O6. The molecule has 4 amide bonds. The lowest BCUT2D eigenvalue weighted by Gasteiger charge is -2.37. The zero-order chi connectivity index (χ0) is 43.1. The Kier molecular flexibility index (Phi) is 11.7. The van der Waals surface area contributed by atoms with Gasteiger partial charge >= 0.3 is 12.2 Å². The molecule has 14 nitrogen and oxygen atoms in total. The first kappa shape index (κ1) is 41.4. The van der Waals surface area contributed by atoms with Crippen LogP contribution in [0, 0.1) is 23.7 Å². The molecular weight excluding hydrogens is 785 g/mol. The van der Waals surface area contributed by atoms with E-state index in [4.69, 9.17) is 19.5 Å². The Balaban J connectivity index is 0.848. The van der Waals surface area contributed by atoms with Gasteiger partial charge in [-0.05, 0) is 102 Å². The molecule has 1 unspecified atom stereocenters. The van der Waals surface area contributed by atoms with Crippen LogP contribution in [0.25, 0.3) is 33.2 Å². The predicted octanol–water partition coefficient (Wildman–Crippen LogP) is 7.14. The summed E-state index contributed by atoms with van der Waals surface area (Å²) >= 11 is 0. The zero-order valence-electron chi connectivity index (χ0n) is 36.1. The zero-order valence-corrected chi connectivity index (χ0v) is 36.1. The molecule has 0 bridgehead atoms. The number of aliphatic imine (C=N–C) groups is 1. The third kappa shape index (κ3) is 8.23. The van der Waals surface area contributed by atoms with Gasteiger partial charge in [0.15, 0.2) is 0 Å². The minimum Gasteiger partial charge on any atom is -0.453 e. The van der Waals surface area contributed by atoms with Crippen LogP contribution in [-0.4, -0.2) is 102 Å². The molecule has 2 saturated carbocycles. The molecule has 3 aliphatic heterocycles. The SMILES string of the molecule is COC(=O)N[C@H](C(=O)N1C[C@@H](C)C[C@H]1C1=NCC(c2ccc(-c3ccc4cc(-c5cnc([C@@H]6C[C@H](C)CN6C(=O)[C@@H](NC(=O)OC)C6CCC6)[nH]5)ccc4c3)cc2)N1)C1CCC1. The molecule has 4 aromatic rings. The lowest BCUT2D eigenvalue weighted by molar-refractivity contribution is -0.137. The highest BCUT2D eigenvalue weighted by molar-refractivity contribution is 5.96. The second kappa shape index (κ2) is 17.5. The summed E-state index contributed by atoms with van der Waals surface area (Å²) in [4.78, 5) is 69.3. The number of alkyl carbamates (subject to hydrolysis) is 2. The molecule has 9 rings (SSSR count). The van der Waals surface area contributed by atoms with Crippen molar-refractivity contribution in [1.29, 1.82) is 0 Å². The van der Waals surface area contributed by atoms with Crippen LogP contribution >= 0.6 is 0 Å². The number of imidazole rings is 1. The Labute approximate surface area is 362 Å². The Morgan fingerprint density at radius 3 is 1.81 bits per heavy atom. The first-order valence-electron chi connectivity index (χ1n) is 22.4. The molecule has 4 heterocycles. The Bertz CT molecular complexity index is 2350. The normalized spacial score (nSPS) is 24.7. The van der Waals surface area contributed by atoms with Crippen LogP contribution in [0.15, 0.2) is 71.9 Å². The van der Waals surface area contributed by atoms with Crippen LogP contribution in [0.1, 0.15) is 88.7 Å². The number of hydrogen-bond acceptors (Lipinski definition) is 9. The number of benzene rings is 3. The molecule has 0 radical (unpaired) electrons. The van der Waals surface area contributed by atoms with E-state index >= 15 is 0 Å². The summed E-state index contributed by atoms with van der Waals surface area (Å²) in [5.41, 5.74) is 5.27. The summed E-state index contributed by atoms with van der Waals surface area (Å²) < 4.78 is 9.73. The summed E-state index contributed by atoms with van der Waals surface area (Å²) in [5.74, 6) is 2.36. The van der Waals surface area contributed by atoms with Crippen LogP contribution < -0.4 is 16.0 Å². The van der Waals surface area contributed by atoms with E-state index in [-0.39, 0.29) is 41.8 Å². The quantitative estimate of drug-likeness (QED) is 0.124. The van der Waals surface area contributed by atoms with Gasteiger partial charge in [0.2, 0.25) is 11.8 Å². The fourth-order valence-electron chi connectivity index (χ4n) is 10.1.